The minimum atomic E-state index is -0.677. The summed E-state index contributed by atoms with van der Waals surface area (Å²) in [5, 5.41) is 40.6. The lowest BCUT2D eigenvalue weighted by atomic mass is 9.62. The number of unbranched alkanes of at least 4 members (excludes halogenated alkanes) is 1. The van der Waals surface area contributed by atoms with Crippen LogP contribution < -0.4 is 0 Å². The summed E-state index contributed by atoms with van der Waals surface area (Å²) >= 11 is 0. The molecule has 0 radical (unpaired) electrons. The van der Waals surface area contributed by atoms with Crippen LogP contribution in [0.25, 0.3) is 0 Å². The second-order valence-corrected chi connectivity index (χ2v) is 11.3. The highest BCUT2D eigenvalue weighted by molar-refractivity contribution is 5.84. The van der Waals surface area contributed by atoms with Crippen LogP contribution in [0.5, 0.6) is 0 Å². The number of aliphatic hydroxyl groups excluding tert-OH is 4. The molecule has 3 rings (SSSR count). The molecule has 0 heterocycles. The van der Waals surface area contributed by atoms with E-state index in [4.69, 9.17) is 4.74 Å². The molecule has 3 fully saturated rings. The van der Waals surface area contributed by atoms with Crippen molar-refractivity contribution < 1.29 is 34.8 Å². The molecule has 0 aromatic heterocycles. The highest BCUT2D eigenvalue weighted by atomic mass is 16.5. The van der Waals surface area contributed by atoms with Gasteiger partial charge in [-0.1, -0.05) is 44.1 Å². The molecule has 0 spiro atoms. The summed E-state index contributed by atoms with van der Waals surface area (Å²) in [5.74, 6) is -0.732. The number of allylic oxidation sites excluding steroid dienone is 2. The zero-order chi connectivity index (χ0) is 26.1. The zero-order valence-electron chi connectivity index (χ0n) is 21.8. The Bertz CT molecular complexity index is 762. The highest BCUT2D eigenvalue weighted by Crippen LogP contribution is 2.48. The molecule has 7 heteroatoms. The Labute approximate surface area is 215 Å². The van der Waals surface area contributed by atoms with Crippen LogP contribution in [-0.2, 0) is 14.3 Å². The average Bonchev–Trinajstić information content (AvgIpc) is 3.04. The molecule has 36 heavy (non-hydrogen) atoms. The fourth-order valence-corrected chi connectivity index (χ4v) is 6.30. The molecule has 3 aliphatic rings. The molecule has 0 aliphatic heterocycles. The summed E-state index contributed by atoms with van der Waals surface area (Å²) in [7, 11) is 0. The Kier molecular flexibility index (Phi) is 11.2. The van der Waals surface area contributed by atoms with Crippen LogP contribution in [0.2, 0.25) is 0 Å². The number of ketones is 1. The molecule has 0 bridgehead atoms. The van der Waals surface area contributed by atoms with Crippen LogP contribution in [0, 0.1) is 17.3 Å². The Morgan fingerprint density at radius 1 is 1.11 bits per heavy atom. The van der Waals surface area contributed by atoms with Crippen molar-refractivity contribution in [2.24, 2.45) is 17.3 Å². The number of ether oxygens (including phenoxy) is 1. The lowest BCUT2D eigenvalue weighted by Crippen LogP contribution is -2.41. The topological polar surface area (TPSA) is 124 Å². The maximum atomic E-state index is 12.5. The van der Waals surface area contributed by atoms with E-state index in [-0.39, 0.29) is 47.9 Å². The zero-order valence-corrected chi connectivity index (χ0v) is 21.8. The third-order valence-electron chi connectivity index (χ3n) is 8.48. The van der Waals surface area contributed by atoms with E-state index in [9.17, 15) is 30.0 Å². The van der Waals surface area contributed by atoms with Gasteiger partial charge >= 0.3 is 5.97 Å². The van der Waals surface area contributed by atoms with Gasteiger partial charge in [-0.05, 0) is 56.8 Å². The number of hydrogen-bond donors (Lipinski definition) is 4. The molecule has 4 N–H and O–H groups in total. The van der Waals surface area contributed by atoms with Crippen LogP contribution in [0.4, 0.5) is 0 Å². The van der Waals surface area contributed by atoms with Crippen LogP contribution in [0.3, 0.4) is 0 Å². The number of rotatable bonds is 13. The summed E-state index contributed by atoms with van der Waals surface area (Å²) in [6, 6.07) is 0. The van der Waals surface area contributed by atoms with Crippen molar-refractivity contribution in [3.8, 4) is 0 Å². The quantitative estimate of drug-likeness (QED) is 0.170. The number of aliphatic hydroxyl groups is 4. The van der Waals surface area contributed by atoms with Gasteiger partial charge in [-0.25, -0.2) is 0 Å². The Morgan fingerprint density at radius 3 is 2.47 bits per heavy atom. The standard InChI is InChI=1S/C29H46O7/c1-2-13-29(14-8-15-29)27(34)11-7-10-24-23(25(32)19-26(24)33)9-5-3-4-6-12-28(35)36-22-17-20(30)16-21(31)18-22/h3,5,7,10,20-24,26-27,30-31,33-34H,2,4,6,8-9,11-19H2,1H3/b5-3+,10-7+/t20-,21+,22?,23-,24-,26-,27?/m1/s1. The highest BCUT2D eigenvalue weighted by Gasteiger charge is 2.42. The molecule has 0 aromatic carbocycles. The van der Waals surface area contributed by atoms with Crippen LogP contribution >= 0.6 is 0 Å². The fourth-order valence-electron chi connectivity index (χ4n) is 6.30. The minimum Gasteiger partial charge on any atom is -0.462 e. The van der Waals surface area contributed by atoms with E-state index in [2.05, 4.69) is 6.92 Å². The van der Waals surface area contributed by atoms with E-state index >= 15 is 0 Å². The van der Waals surface area contributed by atoms with Gasteiger partial charge in [-0.3, -0.25) is 9.59 Å². The molecular formula is C29H46O7. The number of hydrogen-bond acceptors (Lipinski definition) is 7. The number of carbonyl (C=O) groups is 2. The third kappa shape index (κ3) is 7.98. The predicted molar refractivity (Wildman–Crippen MR) is 137 cm³/mol. The van der Waals surface area contributed by atoms with Crippen molar-refractivity contribution in [3.63, 3.8) is 0 Å². The van der Waals surface area contributed by atoms with Gasteiger partial charge < -0.3 is 25.2 Å². The van der Waals surface area contributed by atoms with Crippen molar-refractivity contribution in [2.45, 2.75) is 127 Å². The molecule has 0 saturated heterocycles. The van der Waals surface area contributed by atoms with E-state index in [0.717, 1.165) is 25.7 Å². The molecule has 2 unspecified atom stereocenters. The molecule has 7 nitrogen and oxygen atoms in total. The van der Waals surface area contributed by atoms with E-state index < -0.39 is 24.4 Å². The van der Waals surface area contributed by atoms with Gasteiger partial charge in [0.1, 0.15) is 11.9 Å². The second kappa shape index (κ2) is 13.8. The van der Waals surface area contributed by atoms with Crippen molar-refractivity contribution >= 4 is 11.8 Å². The molecular weight excluding hydrogens is 460 g/mol. The maximum Gasteiger partial charge on any atom is 0.306 e. The first-order valence-corrected chi connectivity index (χ1v) is 14.0. The van der Waals surface area contributed by atoms with E-state index in [1.807, 2.05) is 24.3 Å². The SMILES string of the molecule is CCCC1(C(O)C/C=C/[C@H]2[C@H](O)CC(=O)[C@@H]2C/C=C/CCCC(=O)OC2C[C@@H](O)C[C@@H](O)C2)CCC1. The Hall–Kier alpha value is -1.54. The molecule has 3 saturated carbocycles. The second-order valence-electron chi connectivity index (χ2n) is 11.3. The predicted octanol–water partition coefficient (Wildman–Crippen LogP) is 3.76. The molecule has 3 aliphatic carbocycles. The lowest BCUT2D eigenvalue weighted by Gasteiger charge is -2.45. The smallest absolute Gasteiger partial charge is 0.306 e. The molecule has 0 amide bonds. The lowest BCUT2D eigenvalue weighted by molar-refractivity contribution is -0.154. The molecule has 7 atom stereocenters. The number of Topliss-reactive ketones (excluding diaryl/α,β-unsaturated/α-hetero) is 1. The van der Waals surface area contributed by atoms with E-state index in [1.165, 1.54) is 6.42 Å². The summed E-state index contributed by atoms with van der Waals surface area (Å²) in [6.45, 7) is 2.16. The number of esters is 1. The first-order chi connectivity index (χ1) is 17.2. The monoisotopic (exact) mass is 506 g/mol. The van der Waals surface area contributed by atoms with Crippen LogP contribution in [0.1, 0.15) is 96.8 Å². The van der Waals surface area contributed by atoms with Crippen LogP contribution in [0.15, 0.2) is 24.3 Å². The first kappa shape index (κ1) is 29.0. The van der Waals surface area contributed by atoms with Crippen molar-refractivity contribution in [1.82, 2.24) is 0 Å². The van der Waals surface area contributed by atoms with Gasteiger partial charge in [0.25, 0.3) is 0 Å². The van der Waals surface area contributed by atoms with Crippen molar-refractivity contribution in [3.05, 3.63) is 24.3 Å². The van der Waals surface area contributed by atoms with Gasteiger partial charge in [0.2, 0.25) is 0 Å². The maximum absolute atomic E-state index is 12.5. The molecule has 204 valence electrons. The average molecular weight is 507 g/mol. The Balaban J connectivity index is 1.38. The van der Waals surface area contributed by atoms with E-state index in [1.54, 1.807) is 0 Å². The van der Waals surface area contributed by atoms with Gasteiger partial charge in [0.05, 0.1) is 24.4 Å². The summed E-state index contributed by atoms with van der Waals surface area (Å²) in [6.07, 6.45) is 14.5. The number of carbonyl (C=O) groups excluding carboxylic acids is 2. The van der Waals surface area contributed by atoms with Gasteiger partial charge in [0, 0.05) is 37.5 Å². The van der Waals surface area contributed by atoms with Gasteiger partial charge in [0.15, 0.2) is 0 Å². The summed E-state index contributed by atoms with van der Waals surface area (Å²) < 4.78 is 5.38. The Morgan fingerprint density at radius 2 is 1.83 bits per heavy atom. The van der Waals surface area contributed by atoms with Crippen molar-refractivity contribution in [2.75, 3.05) is 0 Å². The summed E-state index contributed by atoms with van der Waals surface area (Å²) in [4.78, 5) is 24.5. The normalized spacial score (nSPS) is 33.2. The third-order valence-corrected chi connectivity index (χ3v) is 8.48. The van der Waals surface area contributed by atoms with Gasteiger partial charge in [-0.2, -0.15) is 0 Å². The first-order valence-electron chi connectivity index (χ1n) is 14.0. The largest absolute Gasteiger partial charge is 0.462 e. The minimum absolute atomic E-state index is 0.0523. The van der Waals surface area contributed by atoms with E-state index in [0.29, 0.717) is 44.9 Å². The van der Waals surface area contributed by atoms with Crippen molar-refractivity contribution in [1.29, 1.82) is 0 Å². The summed E-state index contributed by atoms with van der Waals surface area (Å²) in [5.41, 5.74) is 0.0523. The molecule has 0 aromatic rings. The fraction of sp³-hybridized carbons (Fsp3) is 0.793. The van der Waals surface area contributed by atoms with Gasteiger partial charge in [-0.15, -0.1) is 0 Å². The van der Waals surface area contributed by atoms with Crippen LogP contribution in [-0.4, -0.2) is 62.7 Å².